The molecular formula is C23H24N4OS. The fraction of sp³-hybridized carbons (Fsp3) is 0.348. The minimum absolute atomic E-state index is 0.0971. The van der Waals surface area contributed by atoms with Gasteiger partial charge >= 0.3 is 0 Å². The van der Waals surface area contributed by atoms with E-state index in [1.165, 1.54) is 17.3 Å². The lowest BCUT2D eigenvalue weighted by Crippen LogP contribution is -2.45. The summed E-state index contributed by atoms with van der Waals surface area (Å²) in [5, 5.41) is 13.3. The van der Waals surface area contributed by atoms with Crippen LogP contribution in [0.2, 0.25) is 0 Å². The predicted octanol–water partition coefficient (Wildman–Crippen LogP) is 4.32. The topological polar surface area (TPSA) is 70.7 Å². The molecule has 0 saturated heterocycles. The van der Waals surface area contributed by atoms with E-state index in [0.717, 1.165) is 54.8 Å². The van der Waals surface area contributed by atoms with Crippen molar-refractivity contribution in [3.8, 4) is 6.07 Å². The molecule has 5 nitrogen and oxygen atoms in total. The highest BCUT2D eigenvalue weighted by Gasteiger charge is 2.35. The first-order chi connectivity index (χ1) is 14.2. The number of benzene rings is 2. The minimum atomic E-state index is -0.676. The Morgan fingerprint density at radius 2 is 1.86 bits per heavy atom. The van der Waals surface area contributed by atoms with E-state index >= 15 is 0 Å². The zero-order chi connectivity index (χ0) is 20.1. The zero-order valence-corrected chi connectivity index (χ0v) is 17.1. The van der Waals surface area contributed by atoms with E-state index < -0.39 is 5.54 Å². The van der Waals surface area contributed by atoms with E-state index in [1.54, 1.807) is 0 Å². The quantitative estimate of drug-likeness (QED) is 0.595. The largest absolute Gasteiger partial charge is 0.337 e. The molecule has 4 rings (SSSR count). The lowest BCUT2D eigenvalue weighted by molar-refractivity contribution is -0.119. The number of aromatic nitrogens is 2. The van der Waals surface area contributed by atoms with Gasteiger partial charge in [-0.1, -0.05) is 54.2 Å². The molecule has 2 aromatic carbocycles. The number of hydrogen-bond donors (Lipinski definition) is 1. The lowest BCUT2D eigenvalue weighted by atomic mass is 10.0. The van der Waals surface area contributed by atoms with Crippen LogP contribution in [0, 0.1) is 11.3 Å². The van der Waals surface area contributed by atoms with Crippen molar-refractivity contribution in [2.75, 3.05) is 5.75 Å². The number of fused-ring (bicyclic) bond motifs is 1. The molecule has 0 aliphatic heterocycles. The third kappa shape index (κ3) is 4.46. The van der Waals surface area contributed by atoms with Crippen molar-refractivity contribution in [2.45, 2.75) is 49.3 Å². The first-order valence-electron chi connectivity index (χ1n) is 10.0. The number of nitrogens with zero attached hydrogens (tertiary/aromatic N) is 3. The van der Waals surface area contributed by atoms with E-state index in [-0.39, 0.29) is 11.7 Å². The average molecular weight is 405 g/mol. The average Bonchev–Trinajstić information content (AvgIpc) is 3.36. The van der Waals surface area contributed by atoms with Crippen LogP contribution in [0.4, 0.5) is 0 Å². The zero-order valence-electron chi connectivity index (χ0n) is 16.3. The van der Waals surface area contributed by atoms with Gasteiger partial charge in [0.1, 0.15) is 5.54 Å². The molecule has 29 heavy (non-hydrogen) atoms. The Morgan fingerprint density at radius 3 is 2.62 bits per heavy atom. The highest BCUT2D eigenvalue weighted by molar-refractivity contribution is 7.99. The monoisotopic (exact) mass is 404 g/mol. The van der Waals surface area contributed by atoms with Crippen LogP contribution in [0.15, 0.2) is 59.8 Å². The number of carbonyl (C=O) groups excluding carboxylic acids is 1. The molecule has 1 amide bonds. The SMILES string of the molecule is N#CC1(NC(=O)CSc2nc3ccccc3n2CCc2ccccc2)CCCC1. The molecule has 1 aromatic heterocycles. The Hall–Kier alpha value is -2.78. The van der Waals surface area contributed by atoms with Crippen LogP contribution in [0.1, 0.15) is 31.2 Å². The van der Waals surface area contributed by atoms with Crippen molar-refractivity contribution < 1.29 is 4.79 Å². The smallest absolute Gasteiger partial charge is 0.231 e. The summed E-state index contributed by atoms with van der Waals surface area (Å²) in [5.41, 5.74) is 2.62. The van der Waals surface area contributed by atoms with Crippen molar-refractivity contribution in [1.29, 1.82) is 5.26 Å². The third-order valence-corrected chi connectivity index (χ3v) is 6.45. The molecule has 1 saturated carbocycles. The van der Waals surface area contributed by atoms with E-state index in [1.807, 2.05) is 24.3 Å². The second-order valence-electron chi connectivity index (χ2n) is 7.51. The van der Waals surface area contributed by atoms with Gasteiger partial charge in [0.25, 0.3) is 0 Å². The molecule has 1 aliphatic rings. The molecule has 0 unspecified atom stereocenters. The minimum Gasteiger partial charge on any atom is -0.337 e. The van der Waals surface area contributed by atoms with E-state index in [0.29, 0.717) is 0 Å². The molecule has 1 N–H and O–H groups in total. The number of amides is 1. The molecule has 148 valence electrons. The summed E-state index contributed by atoms with van der Waals surface area (Å²) in [4.78, 5) is 17.3. The van der Waals surface area contributed by atoms with Gasteiger partial charge in [-0.15, -0.1) is 0 Å². The summed E-state index contributed by atoms with van der Waals surface area (Å²) in [6.07, 6.45) is 4.38. The van der Waals surface area contributed by atoms with Crippen LogP contribution >= 0.6 is 11.8 Å². The highest BCUT2D eigenvalue weighted by Crippen LogP contribution is 2.29. The summed E-state index contributed by atoms with van der Waals surface area (Å²) >= 11 is 1.44. The molecule has 3 aromatic rings. The van der Waals surface area contributed by atoms with E-state index in [2.05, 4.69) is 46.3 Å². The van der Waals surface area contributed by atoms with Gasteiger partial charge in [-0.2, -0.15) is 5.26 Å². The Balaban J connectivity index is 1.48. The predicted molar refractivity (Wildman–Crippen MR) is 116 cm³/mol. The number of thioether (sulfide) groups is 1. The number of aryl methyl sites for hydroxylation is 2. The van der Waals surface area contributed by atoms with Gasteiger partial charge in [0.05, 0.1) is 22.9 Å². The fourth-order valence-electron chi connectivity index (χ4n) is 3.94. The highest BCUT2D eigenvalue weighted by atomic mass is 32.2. The molecule has 6 heteroatoms. The standard InChI is InChI=1S/C23H24N4OS/c24-17-23(13-6-7-14-23)26-21(28)16-29-22-25-19-10-4-5-11-20(19)27(22)15-12-18-8-2-1-3-9-18/h1-5,8-11H,6-7,12-16H2,(H,26,28). The maximum Gasteiger partial charge on any atom is 0.231 e. The fourth-order valence-corrected chi connectivity index (χ4v) is 4.78. The summed E-state index contributed by atoms with van der Waals surface area (Å²) in [7, 11) is 0. The Labute approximate surface area is 175 Å². The third-order valence-electron chi connectivity index (χ3n) is 5.47. The molecule has 0 radical (unpaired) electrons. The van der Waals surface area contributed by atoms with Crippen LogP contribution in [-0.2, 0) is 17.8 Å². The lowest BCUT2D eigenvalue weighted by Gasteiger charge is -2.21. The van der Waals surface area contributed by atoms with E-state index in [9.17, 15) is 10.1 Å². The second-order valence-corrected chi connectivity index (χ2v) is 8.45. The number of rotatable bonds is 7. The summed E-state index contributed by atoms with van der Waals surface area (Å²) < 4.78 is 2.19. The van der Waals surface area contributed by atoms with Gasteiger partial charge in [0, 0.05) is 6.54 Å². The number of imidazole rings is 1. The Bertz CT molecular complexity index is 1030. The van der Waals surface area contributed by atoms with Crippen LogP contribution in [0.3, 0.4) is 0 Å². The van der Waals surface area contributed by atoms with E-state index in [4.69, 9.17) is 4.98 Å². The normalized spacial score (nSPS) is 15.3. The van der Waals surface area contributed by atoms with Crippen molar-refractivity contribution in [3.63, 3.8) is 0 Å². The van der Waals surface area contributed by atoms with Crippen LogP contribution in [0.5, 0.6) is 0 Å². The van der Waals surface area contributed by atoms with Gasteiger partial charge < -0.3 is 9.88 Å². The summed E-state index contributed by atoms with van der Waals surface area (Å²) in [5.74, 6) is 0.165. The van der Waals surface area contributed by atoms with Gasteiger partial charge in [-0.25, -0.2) is 4.98 Å². The van der Waals surface area contributed by atoms with Gasteiger partial charge in [0.15, 0.2) is 5.16 Å². The van der Waals surface area contributed by atoms with Crippen molar-refractivity contribution in [2.24, 2.45) is 0 Å². The van der Waals surface area contributed by atoms with Crippen molar-refractivity contribution in [3.05, 3.63) is 60.2 Å². The Kier molecular flexibility index (Phi) is 5.86. The first-order valence-corrected chi connectivity index (χ1v) is 11.0. The molecule has 0 bridgehead atoms. The van der Waals surface area contributed by atoms with Crippen LogP contribution < -0.4 is 5.32 Å². The Morgan fingerprint density at radius 1 is 1.14 bits per heavy atom. The molecule has 0 atom stereocenters. The van der Waals surface area contributed by atoms with Crippen LogP contribution in [-0.4, -0.2) is 26.8 Å². The summed E-state index contributed by atoms with van der Waals surface area (Å²) in [6.45, 7) is 0.802. The van der Waals surface area contributed by atoms with Crippen LogP contribution in [0.25, 0.3) is 11.0 Å². The number of nitrogens with one attached hydrogen (secondary N) is 1. The second kappa shape index (κ2) is 8.71. The number of carbonyl (C=O) groups is 1. The molecule has 1 heterocycles. The maximum atomic E-state index is 12.5. The summed E-state index contributed by atoms with van der Waals surface area (Å²) in [6, 6.07) is 20.8. The van der Waals surface area contributed by atoms with Crippen molar-refractivity contribution in [1.82, 2.24) is 14.9 Å². The maximum absolute atomic E-state index is 12.5. The molecule has 0 spiro atoms. The number of para-hydroxylation sites is 2. The van der Waals surface area contributed by atoms with Crippen molar-refractivity contribution >= 4 is 28.7 Å². The van der Waals surface area contributed by atoms with Gasteiger partial charge in [-0.05, 0) is 49.8 Å². The molecule has 1 aliphatic carbocycles. The first kappa shape index (κ1) is 19.5. The van der Waals surface area contributed by atoms with Gasteiger partial charge in [0.2, 0.25) is 5.91 Å². The number of nitriles is 1. The molecule has 1 fully saturated rings. The number of hydrogen-bond acceptors (Lipinski definition) is 4. The van der Waals surface area contributed by atoms with Gasteiger partial charge in [-0.3, -0.25) is 4.79 Å². The molecular weight excluding hydrogens is 380 g/mol.